The van der Waals surface area contributed by atoms with Crippen molar-refractivity contribution in [2.24, 2.45) is 7.05 Å². The summed E-state index contributed by atoms with van der Waals surface area (Å²) in [6.45, 7) is 1.41. The van der Waals surface area contributed by atoms with Crippen LogP contribution in [0.4, 0.5) is 4.39 Å². The van der Waals surface area contributed by atoms with Crippen molar-refractivity contribution in [2.45, 2.75) is 12.8 Å². The average Bonchev–Trinajstić information content (AvgIpc) is 2.52. The predicted octanol–water partition coefficient (Wildman–Crippen LogP) is 0.912. The summed E-state index contributed by atoms with van der Waals surface area (Å²) in [6, 6.07) is 2.00. The minimum atomic E-state index is -0.237. The zero-order valence-electron chi connectivity index (χ0n) is 7.96. The predicted molar refractivity (Wildman–Crippen MR) is 50.4 cm³/mol. The van der Waals surface area contributed by atoms with Crippen LogP contribution in [0.2, 0.25) is 0 Å². The number of alkyl halides is 1. The van der Waals surface area contributed by atoms with E-state index in [2.05, 4.69) is 10.4 Å². The summed E-state index contributed by atoms with van der Waals surface area (Å²) in [4.78, 5) is 0. The lowest BCUT2D eigenvalue weighted by Crippen LogP contribution is -2.19. The van der Waals surface area contributed by atoms with Crippen LogP contribution in [0.5, 0.6) is 0 Å². The standard InChI is InChI=1S/C9H16FN3/c1-13-9(4-8-12-13)3-7-11-6-2-5-10/h4,8,11H,2-3,5-7H2,1H3. The Hall–Kier alpha value is -0.900. The van der Waals surface area contributed by atoms with E-state index in [0.29, 0.717) is 6.42 Å². The van der Waals surface area contributed by atoms with Gasteiger partial charge in [-0.25, -0.2) is 0 Å². The van der Waals surface area contributed by atoms with Gasteiger partial charge in [0, 0.05) is 31.9 Å². The van der Waals surface area contributed by atoms with Crippen molar-refractivity contribution in [3.05, 3.63) is 18.0 Å². The molecule has 1 rings (SSSR count). The highest BCUT2D eigenvalue weighted by molar-refractivity contribution is 5.00. The molecule has 0 fully saturated rings. The first kappa shape index (κ1) is 10.2. The molecule has 1 N–H and O–H groups in total. The van der Waals surface area contributed by atoms with Gasteiger partial charge in [0.2, 0.25) is 0 Å². The van der Waals surface area contributed by atoms with Gasteiger partial charge < -0.3 is 5.32 Å². The van der Waals surface area contributed by atoms with Gasteiger partial charge in [-0.2, -0.15) is 5.10 Å². The van der Waals surface area contributed by atoms with Gasteiger partial charge in [-0.05, 0) is 19.0 Å². The summed E-state index contributed by atoms with van der Waals surface area (Å²) >= 11 is 0. The molecule has 0 radical (unpaired) electrons. The van der Waals surface area contributed by atoms with Gasteiger partial charge in [0.05, 0.1) is 6.67 Å². The SMILES string of the molecule is Cn1nccc1CCNCCCF. The van der Waals surface area contributed by atoms with Crippen molar-refractivity contribution in [1.29, 1.82) is 0 Å². The highest BCUT2D eigenvalue weighted by Crippen LogP contribution is 1.95. The number of hydrogen-bond acceptors (Lipinski definition) is 2. The molecule has 74 valence electrons. The molecule has 0 aliphatic carbocycles. The number of halogens is 1. The number of hydrogen-bond donors (Lipinski definition) is 1. The zero-order valence-corrected chi connectivity index (χ0v) is 7.96. The number of aryl methyl sites for hydroxylation is 1. The molecule has 0 atom stereocenters. The van der Waals surface area contributed by atoms with E-state index in [4.69, 9.17) is 0 Å². The first-order chi connectivity index (χ1) is 6.34. The molecule has 0 aromatic carbocycles. The van der Waals surface area contributed by atoms with Gasteiger partial charge in [-0.3, -0.25) is 9.07 Å². The monoisotopic (exact) mass is 185 g/mol. The first-order valence-corrected chi connectivity index (χ1v) is 4.58. The molecule has 0 spiro atoms. The third-order valence-corrected chi connectivity index (χ3v) is 1.97. The maximum Gasteiger partial charge on any atom is 0.0906 e. The largest absolute Gasteiger partial charge is 0.316 e. The number of aromatic nitrogens is 2. The van der Waals surface area contributed by atoms with E-state index in [1.165, 1.54) is 5.69 Å². The van der Waals surface area contributed by atoms with Crippen molar-refractivity contribution >= 4 is 0 Å². The molecular formula is C9H16FN3. The van der Waals surface area contributed by atoms with Gasteiger partial charge in [0.15, 0.2) is 0 Å². The van der Waals surface area contributed by atoms with E-state index < -0.39 is 0 Å². The minimum absolute atomic E-state index is 0.237. The maximum absolute atomic E-state index is 11.7. The van der Waals surface area contributed by atoms with Crippen LogP contribution in [-0.4, -0.2) is 29.5 Å². The minimum Gasteiger partial charge on any atom is -0.316 e. The molecule has 0 unspecified atom stereocenters. The van der Waals surface area contributed by atoms with Gasteiger partial charge in [0.1, 0.15) is 0 Å². The lowest BCUT2D eigenvalue weighted by Gasteiger charge is -2.03. The second-order valence-corrected chi connectivity index (χ2v) is 2.99. The Morgan fingerprint density at radius 1 is 1.54 bits per heavy atom. The third-order valence-electron chi connectivity index (χ3n) is 1.97. The van der Waals surface area contributed by atoms with Gasteiger partial charge >= 0.3 is 0 Å². The van der Waals surface area contributed by atoms with Gasteiger partial charge in [-0.1, -0.05) is 0 Å². The van der Waals surface area contributed by atoms with Crippen molar-refractivity contribution in [3.63, 3.8) is 0 Å². The van der Waals surface area contributed by atoms with Gasteiger partial charge in [0.25, 0.3) is 0 Å². The molecule has 1 heterocycles. The molecule has 3 nitrogen and oxygen atoms in total. The van der Waals surface area contributed by atoms with Crippen LogP contribution in [0.25, 0.3) is 0 Å². The van der Waals surface area contributed by atoms with Gasteiger partial charge in [-0.15, -0.1) is 0 Å². The summed E-state index contributed by atoms with van der Waals surface area (Å²) in [5, 5.41) is 7.23. The average molecular weight is 185 g/mol. The van der Waals surface area contributed by atoms with Crippen molar-refractivity contribution in [3.8, 4) is 0 Å². The van der Waals surface area contributed by atoms with E-state index >= 15 is 0 Å². The smallest absolute Gasteiger partial charge is 0.0906 e. The highest BCUT2D eigenvalue weighted by Gasteiger charge is 1.96. The fourth-order valence-corrected chi connectivity index (χ4v) is 1.18. The molecule has 0 saturated carbocycles. The zero-order chi connectivity index (χ0) is 9.52. The van der Waals surface area contributed by atoms with Crippen LogP contribution in [0.15, 0.2) is 12.3 Å². The molecule has 0 amide bonds. The Bertz CT molecular complexity index is 235. The van der Waals surface area contributed by atoms with E-state index in [9.17, 15) is 4.39 Å². The lowest BCUT2D eigenvalue weighted by molar-refractivity contribution is 0.459. The second-order valence-electron chi connectivity index (χ2n) is 2.99. The Balaban J connectivity index is 2.10. The molecule has 1 aromatic rings. The van der Waals surface area contributed by atoms with Crippen molar-refractivity contribution in [2.75, 3.05) is 19.8 Å². The summed E-state index contributed by atoms with van der Waals surface area (Å²) in [6.07, 6.45) is 3.34. The van der Waals surface area contributed by atoms with Crippen LogP contribution in [0.1, 0.15) is 12.1 Å². The van der Waals surface area contributed by atoms with Crippen molar-refractivity contribution in [1.82, 2.24) is 15.1 Å². The van der Waals surface area contributed by atoms with E-state index in [0.717, 1.165) is 19.5 Å². The molecule has 0 aliphatic heterocycles. The van der Waals surface area contributed by atoms with Crippen LogP contribution in [-0.2, 0) is 13.5 Å². The third kappa shape index (κ3) is 3.55. The molecule has 0 bridgehead atoms. The Kier molecular flexibility index (Phi) is 4.46. The molecular weight excluding hydrogens is 169 g/mol. The normalized spacial score (nSPS) is 10.6. The molecule has 1 aromatic heterocycles. The summed E-state index contributed by atoms with van der Waals surface area (Å²) in [7, 11) is 1.93. The summed E-state index contributed by atoms with van der Waals surface area (Å²) in [5.74, 6) is 0. The summed E-state index contributed by atoms with van der Waals surface area (Å²) in [5.41, 5.74) is 1.20. The number of nitrogens with zero attached hydrogens (tertiary/aromatic N) is 2. The van der Waals surface area contributed by atoms with Crippen LogP contribution >= 0.6 is 0 Å². The maximum atomic E-state index is 11.7. The quantitative estimate of drug-likeness (QED) is 0.668. The van der Waals surface area contributed by atoms with Crippen molar-refractivity contribution < 1.29 is 4.39 Å². The van der Waals surface area contributed by atoms with E-state index in [1.807, 2.05) is 17.8 Å². The first-order valence-electron chi connectivity index (χ1n) is 4.58. The number of rotatable bonds is 6. The van der Waals surface area contributed by atoms with Crippen LogP contribution in [0, 0.1) is 0 Å². The molecule has 0 aliphatic rings. The fraction of sp³-hybridized carbons (Fsp3) is 0.667. The Labute approximate surface area is 77.9 Å². The molecule has 13 heavy (non-hydrogen) atoms. The van der Waals surface area contributed by atoms with E-state index in [-0.39, 0.29) is 6.67 Å². The van der Waals surface area contributed by atoms with Crippen LogP contribution < -0.4 is 5.32 Å². The molecule has 4 heteroatoms. The fourth-order valence-electron chi connectivity index (χ4n) is 1.18. The highest BCUT2D eigenvalue weighted by atomic mass is 19.1. The van der Waals surface area contributed by atoms with Crippen LogP contribution in [0.3, 0.4) is 0 Å². The second kappa shape index (κ2) is 5.70. The van der Waals surface area contributed by atoms with E-state index in [1.54, 1.807) is 6.20 Å². The Morgan fingerprint density at radius 3 is 3.00 bits per heavy atom. The lowest BCUT2D eigenvalue weighted by atomic mass is 10.3. The Morgan fingerprint density at radius 2 is 2.38 bits per heavy atom. The number of nitrogens with one attached hydrogen (secondary N) is 1. The topological polar surface area (TPSA) is 29.9 Å². The summed E-state index contributed by atoms with van der Waals surface area (Å²) < 4.78 is 13.6. The molecule has 0 saturated heterocycles.